The number of nitrogens with zero attached hydrogens (tertiary/aromatic N) is 2. The number of carbonyl (C=O) groups excluding carboxylic acids is 1. The maximum absolute atomic E-state index is 12.0. The van der Waals surface area contributed by atoms with E-state index in [2.05, 4.69) is 25.7 Å². The number of rotatable bonds is 2. The number of piperazine rings is 1. The third-order valence-corrected chi connectivity index (χ3v) is 2.87. The number of amides is 1. The molecule has 4 heteroatoms. The highest BCUT2D eigenvalue weighted by Gasteiger charge is 2.32. The summed E-state index contributed by atoms with van der Waals surface area (Å²) < 4.78 is 0. The molecule has 0 aliphatic carbocycles. The van der Waals surface area contributed by atoms with Crippen molar-refractivity contribution in [2.75, 3.05) is 26.2 Å². The van der Waals surface area contributed by atoms with Crippen LogP contribution in [0.15, 0.2) is 0 Å². The second-order valence-electron chi connectivity index (χ2n) is 6.40. The lowest BCUT2D eigenvalue weighted by Gasteiger charge is -2.43. The van der Waals surface area contributed by atoms with Gasteiger partial charge >= 0.3 is 0 Å². The molecule has 1 fully saturated rings. The summed E-state index contributed by atoms with van der Waals surface area (Å²) in [5.74, 6) is 0.194. The van der Waals surface area contributed by atoms with Crippen LogP contribution in [0.5, 0.6) is 0 Å². The Balaban J connectivity index is 2.57. The minimum atomic E-state index is -0.306. The van der Waals surface area contributed by atoms with Crippen LogP contribution in [-0.4, -0.2) is 53.0 Å². The first-order valence-electron chi connectivity index (χ1n) is 5.91. The van der Waals surface area contributed by atoms with Gasteiger partial charge in [0.1, 0.15) is 0 Å². The van der Waals surface area contributed by atoms with E-state index in [0.29, 0.717) is 13.1 Å². The van der Waals surface area contributed by atoms with Gasteiger partial charge < -0.3 is 10.6 Å². The van der Waals surface area contributed by atoms with Gasteiger partial charge in [-0.25, -0.2) is 0 Å². The van der Waals surface area contributed by atoms with Gasteiger partial charge in [0.05, 0.1) is 6.54 Å². The largest absolute Gasteiger partial charge is 0.338 e. The zero-order valence-electron chi connectivity index (χ0n) is 11.2. The third kappa shape index (κ3) is 3.76. The molecular formula is C12H25N3O. The molecule has 0 aromatic carbocycles. The fraction of sp³-hybridized carbons (Fsp3) is 0.917. The van der Waals surface area contributed by atoms with E-state index >= 15 is 0 Å². The van der Waals surface area contributed by atoms with E-state index in [0.717, 1.165) is 13.1 Å². The summed E-state index contributed by atoms with van der Waals surface area (Å²) in [6.07, 6.45) is 0. The first-order chi connectivity index (χ1) is 7.09. The van der Waals surface area contributed by atoms with E-state index in [1.54, 1.807) is 0 Å². The van der Waals surface area contributed by atoms with Crippen molar-refractivity contribution in [1.29, 1.82) is 0 Å². The number of hydrogen-bond donors (Lipinski definition) is 1. The van der Waals surface area contributed by atoms with Gasteiger partial charge in [0, 0.05) is 30.7 Å². The van der Waals surface area contributed by atoms with Crippen molar-refractivity contribution < 1.29 is 4.79 Å². The lowest BCUT2D eigenvalue weighted by atomic mass is 10.0. The smallest absolute Gasteiger partial charge is 0.236 e. The second-order valence-corrected chi connectivity index (χ2v) is 6.40. The normalized spacial score (nSPS) is 20.4. The SMILES string of the molecule is CC(C)(N)CN1CCN(C(C)(C)C)CC1=O. The van der Waals surface area contributed by atoms with Crippen molar-refractivity contribution in [3.63, 3.8) is 0 Å². The summed E-state index contributed by atoms with van der Waals surface area (Å²) in [7, 11) is 0. The number of nitrogens with two attached hydrogens (primary N) is 1. The van der Waals surface area contributed by atoms with Gasteiger partial charge in [-0.05, 0) is 34.6 Å². The summed E-state index contributed by atoms with van der Waals surface area (Å²) in [5.41, 5.74) is 5.70. The van der Waals surface area contributed by atoms with Crippen molar-refractivity contribution in [3.05, 3.63) is 0 Å². The lowest BCUT2D eigenvalue weighted by molar-refractivity contribution is -0.139. The molecule has 94 valence electrons. The molecule has 0 aromatic heterocycles. The van der Waals surface area contributed by atoms with Crippen molar-refractivity contribution in [2.45, 2.75) is 45.7 Å². The standard InChI is InChI=1S/C12H25N3O/c1-11(2,3)15-7-6-14(10(16)8-15)9-12(4,5)13/h6-9,13H2,1-5H3. The molecule has 0 saturated carbocycles. The molecule has 4 nitrogen and oxygen atoms in total. The summed E-state index contributed by atoms with van der Waals surface area (Å²) in [4.78, 5) is 16.1. The van der Waals surface area contributed by atoms with Crippen LogP contribution in [0.25, 0.3) is 0 Å². The molecule has 1 heterocycles. The van der Waals surface area contributed by atoms with Crippen molar-refractivity contribution >= 4 is 5.91 Å². The van der Waals surface area contributed by atoms with Gasteiger partial charge in [-0.2, -0.15) is 0 Å². The molecule has 1 rings (SSSR count). The van der Waals surface area contributed by atoms with Crippen molar-refractivity contribution in [1.82, 2.24) is 9.80 Å². The average molecular weight is 227 g/mol. The monoisotopic (exact) mass is 227 g/mol. The van der Waals surface area contributed by atoms with Crippen LogP contribution >= 0.6 is 0 Å². The van der Waals surface area contributed by atoms with Gasteiger partial charge in [-0.1, -0.05) is 0 Å². The predicted molar refractivity (Wildman–Crippen MR) is 66.2 cm³/mol. The fourth-order valence-electron chi connectivity index (χ4n) is 1.94. The van der Waals surface area contributed by atoms with Gasteiger partial charge in [0.15, 0.2) is 0 Å². The van der Waals surface area contributed by atoms with Crippen molar-refractivity contribution in [3.8, 4) is 0 Å². The molecule has 2 N–H and O–H groups in total. The number of hydrogen-bond acceptors (Lipinski definition) is 3. The Morgan fingerprint density at radius 2 is 1.75 bits per heavy atom. The Morgan fingerprint density at radius 1 is 1.19 bits per heavy atom. The van der Waals surface area contributed by atoms with E-state index in [-0.39, 0.29) is 17.0 Å². The minimum Gasteiger partial charge on any atom is -0.338 e. The highest BCUT2D eigenvalue weighted by atomic mass is 16.2. The zero-order chi connectivity index (χ0) is 12.6. The van der Waals surface area contributed by atoms with Crippen LogP contribution < -0.4 is 5.73 Å². The summed E-state index contributed by atoms with van der Waals surface area (Å²) >= 11 is 0. The molecule has 0 spiro atoms. The van der Waals surface area contributed by atoms with E-state index in [9.17, 15) is 4.79 Å². The van der Waals surface area contributed by atoms with Gasteiger partial charge in [-0.3, -0.25) is 9.69 Å². The zero-order valence-corrected chi connectivity index (χ0v) is 11.2. The Morgan fingerprint density at radius 3 is 2.12 bits per heavy atom. The van der Waals surface area contributed by atoms with Gasteiger partial charge in [0.2, 0.25) is 5.91 Å². The Labute approximate surface area is 98.8 Å². The molecule has 0 aromatic rings. The molecule has 0 atom stereocenters. The predicted octanol–water partition coefficient (Wildman–Crippen LogP) is 0.666. The van der Waals surface area contributed by atoms with E-state index in [1.165, 1.54) is 0 Å². The highest BCUT2D eigenvalue weighted by Crippen LogP contribution is 2.17. The van der Waals surface area contributed by atoms with E-state index < -0.39 is 0 Å². The second kappa shape index (κ2) is 4.34. The summed E-state index contributed by atoms with van der Waals surface area (Å²) in [5, 5.41) is 0. The Hall–Kier alpha value is -0.610. The third-order valence-electron chi connectivity index (χ3n) is 2.87. The first-order valence-corrected chi connectivity index (χ1v) is 5.91. The highest BCUT2D eigenvalue weighted by molar-refractivity contribution is 5.79. The lowest BCUT2D eigenvalue weighted by Crippen LogP contribution is -2.59. The molecule has 1 saturated heterocycles. The van der Waals surface area contributed by atoms with Crippen LogP contribution in [0.4, 0.5) is 0 Å². The molecule has 1 amide bonds. The summed E-state index contributed by atoms with van der Waals surface area (Å²) in [6.45, 7) is 13.2. The molecule has 1 aliphatic rings. The fourth-order valence-corrected chi connectivity index (χ4v) is 1.94. The van der Waals surface area contributed by atoms with E-state index in [4.69, 9.17) is 5.73 Å². The minimum absolute atomic E-state index is 0.0694. The Kier molecular flexibility index (Phi) is 3.65. The molecule has 1 aliphatic heterocycles. The molecule has 16 heavy (non-hydrogen) atoms. The molecular weight excluding hydrogens is 202 g/mol. The van der Waals surface area contributed by atoms with E-state index in [1.807, 2.05) is 18.7 Å². The maximum Gasteiger partial charge on any atom is 0.236 e. The summed E-state index contributed by atoms with van der Waals surface area (Å²) in [6, 6.07) is 0. The first kappa shape index (κ1) is 13.5. The molecule has 0 radical (unpaired) electrons. The van der Waals surface area contributed by atoms with Crippen molar-refractivity contribution in [2.24, 2.45) is 5.73 Å². The topological polar surface area (TPSA) is 49.6 Å². The van der Waals surface area contributed by atoms with Crippen LogP contribution in [0.2, 0.25) is 0 Å². The maximum atomic E-state index is 12.0. The van der Waals surface area contributed by atoms with Crippen LogP contribution in [-0.2, 0) is 4.79 Å². The average Bonchev–Trinajstić information content (AvgIpc) is 2.04. The number of carbonyl (C=O) groups is 1. The van der Waals surface area contributed by atoms with Crippen LogP contribution in [0.1, 0.15) is 34.6 Å². The molecule has 0 unspecified atom stereocenters. The Bertz CT molecular complexity index is 262. The van der Waals surface area contributed by atoms with Gasteiger partial charge in [-0.15, -0.1) is 0 Å². The van der Waals surface area contributed by atoms with Crippen LogP contribution in [0, 0.1) is 0 Å². The quantitative estimate of drug-likeness (QED) is 0.754. The van der Waals surface area contributed by atoms with Gasteiger partial charge in [0.25, 0.3) is 0 Å². The molecule has 0 bridgehead atoms. The van der Waals surface area contributed by atoms with Crippen LogP contribution in [0.3, 0.4) is 0 Å².